The molecule has 1 unspecified atom stereocenters. The molecule has 0 aliphatic carbocycles. The first-order valence-corrected chi connectivity index (χ1v) is 6.65. The highest BCUT2D eigenvalue weighted by molar-refractivity contribution is 5.96. The first-order valence-electron chi connectivity index (χ1n) is 6.65. The maximum absolute atomic E-state index is 12.3. The molecule has 2 heterocycles. The average Bonchev–Trinajstić information content (AvgIpc) is 3.00. The summed E-state index contributed by atoms with van der Waals surface area (Å²) in [6.07, 6.45) is 3.78. The van der Waals surface area contributed by atoms with E-state index < -0.39 is 5.60 Å². The number of nitrogens with zero attached hydrogens (tertiary/aromatic N) is 1. The molecule has 0 bridgehead atoms. The number of hydrogen-bond donors (Lipinski definition) is 2. The zero-order valence-corrected chi connectivity index (χ0v) is 11.9. The third-order valence-corrected chi connectivity index (χ3v) is 3.44. The highest BCUT2D eigenvalue weighted by atomic mass is 16.5. The Morgan fingerprint density at radius 3 is 3.19 bits per heavy atom. The summed E-state index contributed by atoms with van der Waals surface area (Å²) >= 11 is 0. The van der Waals surface area contributed by atoms with Gasteiger partial charge in [0.2, 0.25) is 0 Å². The summed E-state index contributed by atoms with van der Waals surface area (Å²) in [6.45, 7) is 1.21. The maximum Gasteiger partial charge on any atom is 0.252 e. The molecule has 1 fully saturated rings. The fourth-order valence-electron chi connectivity index (χ4n) is 2.12. The Morgan fingerprint density at radius 1 is 1.67 bits per heavy atom. The second-order valence-corrected chi connectivity index (χ2v) is 4.75. The Bertz CT molecular complexity index is 556. The zero-order valence-electron chi connectivity index (χ0n) is 11.9. The first-order chi connectivity index (χ1) is 10.2. The molecule has 2 N–H and O–H groups in total. The lowest BCUT2D eigenvalue weighted by atomic mass is 10.0. The van der Waals surface area contributed by atoms with Gasteiger partial charge in [-0.25, -0.2) is 0 Å². The number of amides is 1. The molecule has 0 radical (unpaired) electrons. The number of aliphatic hydroxyl groups excluding tert-OH is 1. The summed E-state index contributed by atoms with van der Waals surface area (Å²) in [5.41, 5.74) is 0.453. The summed E-state index contributed by atoms with van der Waals surface area (Å²) < 4.78 is 10.8. The third-order valence-electron chi connectivity index (χ3n) is 3.44. The van der Waals surface area contributed by atoms with Gasteiger partial charge in [-0.15, -0.1) is 0 Å². The van der Waals surface area contributed by atoms with Crippen LogP contribution in [-0.2, 0) is 9.47 Å². The monoisotopic (exact) mass is 290 g/mol. The van der Waals surface area contributed by atoms with Crippen LogP contribution in [0.5, 0.6) is 0 Å². The van der Waals surface area contributed by atoms with Crippen molar-refractivity contribution in [2.24, 2.45) is 0 Å². The van der Waals surface area contributed by atoms with E-state index in [4.69, 9.17) is 14.6 Å². The van der Waals surface area contributed by atoms with Crippen molar-refractivity contribution in [1.29, 1.82) is 0 Å². The lowest BCUT2D eigenvalue weighted by molar-refractivity contribution is -0.0148. The van der Waals surface area contributed by atoms with Crippen molar-refractivity contribution in [3.8, 4) is 11.8 Å². The normalized spacial score (nSPS) is 20.7. The summed E-state index contributed by atoms with van der Waals surface area (Å²) in [5, 5.41) is 11.6. The van der Waals surface area contributed by atoms with Gasteiger partial charge in [0.15, 0.2) is 0 Å². The Kier molecular flexibility index (Phi) is 5.28. The van der Waals surface area contributed by atoms with Gasteiger partial charge >= 0.3 is 0 Å². The van der Waals surface area contributed by atoms with Crippen molar-refractivity contribution < 1.29 is 19.4 Å². The topological polar surface area (TPSA) is 80.7 Å². The van der Waals surface area contributed by atoms with Crippen LogP contribution >= 0.6 is 0 Å². The van der Waals surface area contributed by atoms with E-state index in [2.05, 4.69) is 22.1 Å². The molecule has 0 aromatic carbocycles. The maximum atomic E-state index is 12.3. The van der Waals surface area contributed by atoms with Crippen LogP contribution in [0, 0.1) is 11.8 Å². The third kappa shape index (κ3) is 3.79. The predicted octanol–water partition coefficient (Wildman–Crippen LogP) is -0.0393. The van der Waals surface area contributed by atoms with Gasteiger partial charge in [0.05, 0.1) is 17.7 Å². The molecular formula is C15H18N2O4. The van der Waals surface area contributed by atoms with Gasteiger partial charge in [0.1, 0.15) is 12.2 Å². The predicted molar refractivity (Wildman–Crippen MR) is 75.7 cm³/mol. The molecule has 0 spiro atoms. The Balaban J connectivity index is 2.07. The molecule has 1 aromatic rings. The second-order valence-electron chi connectivity index (χ2n) is 4.75. The Labute approximate surface area is 123 Å². The van der Waals surface area contributed by atoms with Crippen LogP contribution in [0.2, 0.25) is 0 Å². The van der Waals surface area contributed by atoms with Gasteiger partial charge in [-0.05, 0) is 6.07 Å². The van der Waals surface area contributed by atoms with Crippen LogP contribution in [0.15, 0.2) is 18.5 Å². The molecular weight excluding hydrogens is 272 g/mol. The van der Waals surface area contributed by atoms with Crippen molar-refractivity contribution in [1.82, 2.24) is 10.3 Å². The molecule has 1 saturated heterocycles. The van der Waals surface area contributed by atoms with Gasteiger partial charge in [0.25, 0.3) is 5.91 Å². The smallest absolute Gasteiger partial charge is 0.252 e. The van der Waals surface area contributed by atoms with Crippen molar-refractivity contribution in [3.05, 3.63) is 29.6 Å². The minimum Gasteiger partial charge on any atom is -0.384 e. The molecule has 1 aliphatic heterocycles. The fourth-order valence-corrected chi connectivity index (χ4v) is 2.12. The van der Waals surface area contributed by atoms with Crippen LogP contribution in [0.25, 0.3) is 0 Å². The molecule has 6 nitrogen and oxygen atoms in total. The fraction of sp³-hybridized carbons (Fsp3) is 0.467. The standard InChI is InChI=1S/C15H18N2O4/c1-20-15(5-8-21-11-15)10-17-14(19)13-4-6-16-9-12(13)3-2-7-18/h4,6,9,18H,5,7-8,10-11H2,1H3,(H,17,19). The lowest BCUT2D eigenvalue weighted by Crippen LogP contribution is -2.45. The molecule has 1 aromatic heterocycles. The summed E-state index contributed by atoms with van der Waals surface area (Å²) in [4.78, 5) is 16.2. The Hall–Kier alpha value is -1.94. The van der Waals surface area contributed by atoms with Gasteiger partial charge in [-0.1, -0.05) is 11.8 Å². The van der Waals surface area contributed by atoms with Crippen molar-refractivity contribution in [2.75, 3.05) is 33.5 Å². The number of methoxy groups -OCH3 is 1. The van der Waals surface area contributed by atoms with E-state index in [0.717, 1.165) is 6.42 Å². The molecule has 1 atom stereocenters. The van der Waals surface area contributed by atoms with Crippen LogP contribution in [0.1, 0.15) is 22.3 Å². The minimum absolute atomic E-state index is 0.247. The first kappa shape index (κ1) is 15.4. The van der Waals surface area contributed by atoms with Crippen LogP contribution < -0.4 is 5.32 Å². The zero-order chi connectivity index (χ0) is 15.1. The molecule has 6 heteroatoms. The highest BCUT2D eigenvalue weighted by Crippen LogP contribution is 2.21. The number of nitrogens with one attached hydrogen (secondary N) is 1. The van der Waals surface area contributed by atoms with Gasteiger partial charge in [-0.3, -0.25) is 9.78 Å². The summed E-state index contributed by atoms with van der Waals surface area (Å²) in [7, 11) is 1.62. The second kappa shape index (κ2) is 7.18. The number of aliphatic hydroxyl groups is 1. The Morgan fingerprint density at radius 2 is 2.52 bits per heavy atom. The van der Waals surface area contributed by atoms with E-state index in [1.165, 1.54) is 12.4 Å². The highest BCUT2D eigenvalue weighted by Gasteiger charge is 2.35. The number of ether oxygens (including phenoxy) is 2. The van der Waals surface area contributed by atoms with Gasteiger partial charge in [-0.2, -0.15) is 0 Å². The molecule has 21 heavy (non-hydrogen) atoms. The van der Waals surface area contributed by atoms with Crippen LogP contribution in [-0.4, -0.2) is 55.1 Å². The number of carbonyl (C=O) groups is 1. The summed E-state index contributed by atoms with van der Waals surface area (Å²) in [6, 6.07) is 1.60. The number of carbonyl (C=O) groups excluding carboxylic acids is 1. The van der Waals surface area contributed by atoms with Crippen LogP contribution in [0.3, 0.4) is 0 Å². The van der Waals surface area contributed by atoms with Crippen LogP contribution in [0.4, 0.5) is 0 Å². The van der Waals surface area contributed by atoms with Crippen molar-refractivity contribution in [3.63, 3.8) is 0 Å². The largest absolute Gasteiger partial charge is 0.384 e. The number of rotatable bonds is 4. The van der Waals surface area contributed by atoms with E-state index in [-0.39, 0.29) is 12.5 Å². The number of pyridine rings is 1. The van der Waals surface area contributed by atoms with Gasteiger partial charge in [0, 0.05) is 39.1 Å². The molecule has 0 saturated carbocycles. The van der Waals surface area contributed by atoms with E-state index in [0.29, 0.717) is 30.9 Å². The molecule has 1 amide bonds. The van der Waals surface area contributed by atoms with E-state index >= 15 is 0 Å². The van der Waals surface area contributed by atoms with Crippen molar-refractivity contribution >= 4 is 5.91 Å². The molecule has 1 aliphatic rings. The minimum atomic E-state index is -0.459. The summed E-state index contributed by atoms with van der Waals surface area (Å²) in [5.74, 6) is 4.99. The molecule has 2 rings (SSSR count). The van der Waals surface area contributed by atoms with Crippen molar-refractivity contribution in [2.45, 2.75) is 12.0 Å². The van der Waals surface area contributed by atoms with E-state index in [9.17, 15) is 4.79 Å². The average molecular weight is 290 g/mol. The van der Waals surface area contributed by atoms with E-state index in [1.54, 1.807) is 13.2 Å². The van der Waals surface area contributed by atoms with Gasteiger partial charge < -0.3 is 19.9 Å². The molecule has 112 valence electrons. The number of hydrogen-bond acceptors (Lipinski definition) is 5. The van der Waals surface area contributed by atoms with E-state index in [1.807, 2.05) is 0 Å². The quantitative estimate of drug-likeness (QED) is 0.761. The lowest BCUT2D eigenvalue weighted by Gasteiger charge is -2.25. The SMILES string of the molecule is COC1(CNC(=O)c2ccncc2C#CCO)CCOC1. The number of aromatic nitrogens is 1.